The molecule has 2 aromatic carbocycles. The van der Waals surface area contributed by atoms with Gasteiger partial charge in [-0.1, -0.05) is 12.1 Å². The summed E-state index contributed by atoms with van der Waals surface area (Å²) in [5, 5.41) is 3.16. The molecular weight excluding hydrogens is 368 g/mol. The van der Waals surface area contributed by atoms with Crippen molar-refractivity contribution in [3.05, 3.63) is 76.2 Å². The molecule has 0 saturated carbocycles. The van der Waals surface area contributed by atoms with Crippen LogP contribution >= 0.6 is 0 Å². The SMILES string of the molecule is O=c1nc(OCc2ccc(Oc3ccc(F)c(F)c3)cc2)cc2n1CCCN2. The van der Waals surface area contributed by atoms with Crippen molar-refractivity contribution < 1.29 is 18.3 Å². The van der Waals surface area contributed by atoms with Crippen molar-refractivity contribution in [1.82, 2.24) is 9.55 Å². The fourth-order valence-corrected chi connectivity index (χ4v) is 2.86. The Bertz CT molecular complexity index is 1050. The van der Waals surface area contributed by atoms with E-state index in [0.717, 1.165) is 30.7 Å². The average Bonchev–Trinajstić information content (AvgIpc) is 2.70. The minimum atomic E-state index is -0.967. The molecule has 3 aromatic rings. The summed E-state index contributed by atoms with van der Waals surface area (Å²) < 4.78 is 38.9. The number of anilines is 1. The van der Waals surface area contributed by atoms with Gasteiger partial charge in [0.25, 0.3) is 0 Å². The number of halogens is 2. The van der Waals surface area contributed by atoms with Gasteiger partial charge in [0.1, 0.15) is 23.9 Å². The van der Waals surface area contributed by atoms with Crippen LogP contribution in [0.4, 0.5) is 14.6 Å². The minimum absolute atomic E-state index is 0.203. The van der Waals surface area contributed by atoms with Crippen LogP contribution < -0.4 is 20.5 Å². The summed E-state index contributed by atoms with van der Waals surface area (Å²) in [5.41, 5.74) is 0.500. The maximum atomic E-state index is 13.2. The van der Waals surface area contributed by atoms with Gasteiger partial charge in [-0.05, 0) is 36.2 Å². The first kappa shape index (κ1) is 18.0. The lowest BCUT2D eigenvalue weighted by Gasteiger charge is -2.19. The average molecular weight is 385 g/mol. The van der Waals surface area contributed by atoms with Crippen molar-refractivity contribution in [1.29, 1.82) is 0 Å². The van der Waals surface area contributed by atoms with Crippen LogP contribution in [0, 0.1) is 11.6 Å². The number of nitrogens with zero attached hydrogens (tertiary/aromatic N) is 2. The molecule has 0 spiro atoms. The van der Waals surface area contributed by atoms with Crippen molar-refractivity contribution in [2.24, 2.45) is 0 Å². The minimum Gasteiger partial charge on any atom is -0.473 e. The topological polar surface area (TPSA) is 65.4 Å². The highest BCUT2D eigenvalue weighted by molar-refractivity contribution is 5.40. The molecule has 0 bridgehead atoms. The molecule has 0 fully saturated rings. The van der Waals surface area contributed by atoms with Crippen molar-refractivity contribution >= 4 is 5.82 Å². The highest BCUT2D eigenvalue weighted by Gasteiger charge is 2.12. The lowest BCUT2D eigenvalue weighted by molar-refractivity contribution is 0.290. The summed E-state index contributed by atoms with van der Waals surface area (Å²) in [6.07, 6.45) is 0.883. The first-order valence-corrected chi connectivity index (χ1v) is 8.79. The van der Waals surface area contributed by atoms with E-state index in [9.17, 15) is 13.6 Å². The molecule has 1 aliphatic heterocycles. The Labute approximate surface area is 159 Å². The summed E-state index contributed by atoms with van der Waals surface area (Å²) >= 11 is 0. The number of hydrogen-bond acceptors (Lipinski definition) is 5. The van der Waals surface area contributed by atoms with Crippen LogP contribution in [0.2, 0.25) is 0 Å². The number of fused-ring (bicyclic) bond motifs is 1. The number of nitrogens with one attached hydrogen (secondary N) is 1. The quantitative estimate of drug-likeness (QED) is 0.725. The third kappa shape index (κ3) is 3.95. The van der Waals surface area contributed by atoms with E-state index >= 15 is 0 Å². The Balaban J connectivity index is 1.40. The fourth-order valence-electron chi connectivity index (χ4n) is 2.86. The van der Waals surface area contributed by atoms with E-state index in [1.54, 1.807) is 34.9 Å². The Morgan fingerprint density at radius 2 is 1.82 bits per heavy atom. The molecule has 4 rings (SSSR count). The molecule has 0 amide bonds. The summed E-state index contributed by atoms with van der Waals surface area (Å²) in [6.45, 7) is 1.68. The molecule has 1 N–H and O–H groups in total. The van der Waals surface area contributed by atoms with Gasteiger partial charge >= 0.3 is 5.69 Å². The normalized spacial score (nSPS) is 12.8. The van der Waals surface area contributed by atoms with Gasteiger partial charge in [-0.15, -0.1) is 0 Å². The monoisotopic (exact) mass is 385 g/mol. The first-order valence-electron chi connectivity index (χ1n) is 8.79. The Hall–Kier alpha value is -3.42. The zero-order valence-electron chi connectivity index (χ0n) is 14.8. The third-order valence-corrected chi connectivity index (χ3v) is 4.29. The molecule has 0 radical (unpaired) electrons. The second-order valence-electron chi connectivity index (χ2n) is 6.30. The van der Waals surface area contributed by atoms with E-state index in [1.807, 2.05) is 0 Å². The second-order valence-corrected chi connectivity index (χ2v) is 6.30. The van der Waals surface area contributed by atoms with Gasteiger partial charge in [-0.3, -0.25) is 4.57 Å². The summed E-state index contributed by atoms with van der Waals surface area (Å²) in [5.74, 6) is -0.251. The van der Waals surface area contributed by atoms with Crippen molar-refractivity contribution in [2.75, 3.05) is 11.9 Å². The van der Waals surface area contributed by atoms with Gasteiger partial charge in [-0.25, -0.2) is 13.6 Å². The Kier molecular flexibility index (Phi) is 4.92. The van der Waals surface area contributed by atoms with Gasteiger partial charge in [-0.2, -0.15) is 4.98 Å². The molecule has 0 saturated heterocycles. The smallest absolute Gasteiger partial charge is 0.352 e. The molecular formula is C20H17F2N3O3. The number of rotatable bonds is 5. The summed E-state index contributed by atoms with van der Waals surface area (Å²) in [4.78, 5) is 16.0. The summed E-state index contributed by atoms with van der Waals surface area (Å²) in [6, 6.07) is 12.0. The predicted molar refractivity (Wildman–Crippen MR) is 98.8 cm³/mol. The molecule has 144 valence electrons. The van der Waals surface area contributed by atoms with Crippen LogP contribution in [-0.4, -0.2) is 16.1 Å². The fraction of sp³-hybridized carbons (Fsp3) is 0.200. The molecule has 1 aliphatic rings. The van der Waals surface area contributed by atoms with Crippen LogP contribution in [-0.2, 0) is 13.2 Å². The van der Waals surface area contributed by atoms with E-state index in [4.69, 9.17) is 9.47 Å². The van der Waals surface area contributed by atoms with Gasteiger partial charge in [0, 0.05) is 25.2 Å². The highest BCUT2D eigenvalue weighted by Crippen LogP contribution is 2.24. The Morgan fingerprint density at radius 1 is 1.04 bits per heavy atom. The molecule has 8 heteroatoms. The molecule has 2 heterocycles. The third-order valence-electron chi connectivity index (χ3n) is 4.29. The zero-order valence-corrected chi connectivity index (χ0v) is 14.8. The van der Waals surface area contributed by atoms with Crippen molar-refractivity contribution in [2.45, 2.75) is 19.6 Å². The van der Waals surface area contributed by atoms with Crippen LogP contribution in [0.3, 0.4) is 0 Å². The first-order chi connectivity index (χ1) is 13.6. The van der Waals surface area contributed by atoms with Crippen LogP contribution in [0.25, 0.3) is 0 Å². The maximum Gasteiger partial charge on any atom is 0.352 e. The van der Waals surface area contributed by atoms with Crippen molar-refractivity contribution in [3.8, 4) is 17.4 Å². The molecule has 6 nitrogen and oxygen atoms in total. The van der Waals surface area contributed by atoms with E-state index in [-0.39, 0.29) is 23.9 Å². The standard InChI is InChI=1S/C20H17F2N3O3/c21-16-7-6-15(10-17(16)22)28-14-4-2-13(3-5-14)12-27-19-11-18-23-8-1-9-25(18)20(26)24-19/h2-7,10-11,23H,1,8-9,12H2. The van der Waals surface area contributed by atoms with E-state index in [1.165, 1.54) is 6.07 Å². The van der Waals surface area contributed by atoms with Crippen LogP contribution in [0.15, 0.2) is 53.3 Å². The zero-order chi connectivity index (χ0) is 19.5. The lowest BCUT2D eigenvalue weighted by Crippen LogP contribution is -2.30. The van der Waals surface area contributed by atoms with Crippen LogP contribution in [0.5, 0.6) is 17.4 Å². The van der Waals surface area contributed by atoms with Gasteiger partial charge in [0.2, 0.25) is 5.88 Å². The van der Waals surface area contributed by atoms with Gasteiger partial charge in [0.15, 0.2) is 11.6 Å². The second kappa shape index (κ2) is 7.67. The van der Waals surface area contributed by atoms with E-state index < -0.39 is 11.6 Å². The highest BCUT2D eigenvalue weighted by atomic mass is 19.2. The largest absolute Gasteiger partial charge is 0.473 e. The molecule has 0 atom stereocenters. The number of hydrogen-bond donors (Lipinski definition) is 1. The Morgan fingerprint density at radius 3 is 2.61 bits per heavy atom. The number of benzene rings is 2. The number of ether oxygens (including phenoxy) is 2. The summed E-state index contributed by atoms with van der Waals surface area (Å²) in [7, 11) is 0. The molecule has 1 aromatic heterocycles. The maximum absolute atomic E-state index is 13.2. The van der Waals surface area contributed by atoms with Crippen molar-refractivity contribution in [3.63, 3.8) is 0 Å². The predicted octanol–water partition coefficient (Wildman–Crippen LogP) is 3.71. The van der Waals surface area contributed by atoms with Gasteiger partial charge in [0.05, 0.1) is 0 Å². The molecule has 28 heavy (non-hydrogen) atoms. The molecule has 0 unspecified atom stereocenters. The van der Waals surface area contributed by atoms with Gasteiger partial charge < -0.3 is 14.8 Å². The molecule has 0 aliphatic carbocycles. The van der Waals surface area contributed by atoms with E-state index in [0.29, 0.717) is 18.1 Å². The lowest BCUT2D eigenvalue weighted by atomic mass is 10.2. The number of aromatic nitrogens is 2. The van der Waals surface area contributed by atoms with E-state index in [2.05, 4.69) is 10.3 Å². The van der Waals surface area contributed by atoms with Crippen LogP contribution in [0.1, 0.15) is 12.0 Å².